The van der Waals surface area contributed by atoms with E-state index in [0.717, 1.165) is 12.2 Å². The van der Waals surface area contributed by atoms with E-state index in [9.17, 15) is 5.11 Å². The van der Waals surface area contributed by atoms with Crippen LogP contribution in [0.5, 0.6) is 5.75 Å². The van der Waals surface area contributed by atoms with Crippen LogP contribution in [0, 0.1) is 5.41 Å². The number of benzene rings is 1. The van der Waals surface area contributed by atoms with Crippen molar-refractivity contribution in [2.75, 3.05) is 13.2 Å². The Kier molecular flexibility index (Phi) is 9.34. The summed E-state index contributed by atoms with van der Waals surface area (Å²) in [5.74, 6) is 1.34. The van der Waals surface area contributed by atoms with E-state index >= 15 is 0 Å². The minimum Gasteiger partial charge on any atom is -0.491 e. The van der Waals surface area contributed by atoms with E-state index in [1.807, 2.05) is 18.2 Å². The van der Waals surface area contributed by atoms with Gasteiger partial charge in [-0.25, -0.2) is 0 Å². The lowest BCUT2D eigenvalue weighted by Crippen LogP contribution is -2.52. The lowest BCUT2D eigenvalue weighted by molar-refractivity contribution is 0.0826. The molecule has 0 aliphatic carbocycles. The summed E-state index contributed by atoms with van der Waals surface area (Å²) in [5, 5.41) is 13.7. The molecule has 2 unspecified atom stereocenters. The zero-order valence-electron chi connectivity index (χ0n) is 16.3. The molecule has 1 aromatic carbocycles. The highest BCUT2D eigenvalue weighted by Gasteiger charge is 2.32. The predicted molar refractivity (Wildman–Crippen MR) is 105 cm³/mol. The minimum absolute atomic E-state index is 0. The molecule has 0 amide bonds. The molecule has 2 N–H and O–H groups in total. The quantitative estimate of drug-likeness (QED) is 0.703. The van der Waals surface area contributed by atoms with Crippen LogP contribution < -0.4 is 10.1 Å². The lowest BCUT2D eigenvalue weighted by Gasteiger charge is -2.40. The molecule has 0 aliphatic heterocycles. The average molecular weight is 358 g/mol. The number of aliphatic hydroxyl groups is 1. The van der Waals surface area contributed by atoms with Crippen LogP contribution in [-0.4, -0.2) is 29.9 Å². The number of rotatable bonds is 8. The molecule has 1 rings (SSSR count). The molecule has 140 valence electrons. The van der Waals surface area contributed by atoms with Gasteiger partial charge in [-0.1, -0.05) is 52.8 Å². The average Bonchev–Trinajstić information content (AvgIpc) is 2.49. The summed E-state index contributed by atoms with van der Waals surface area (Å²) < 4.78 is 5.88. The highest BCUT2D eigenvalue weighted by Crippen LogP contribution is 2.30. The summed E-state index contributed by atoms with van der Waals surface area (Å²) in [4.78, 5) is 0. The van der Waals surface area contributed by atoms with Gasteiger partial charge in [0.15, 0.2) is 0 Å². The lowest BCUT2D eigenvalue weighted by atomic mass is 9.76. The monoisotopic (exact) mass is 357 g/mol. The number of hydrogen-bond donors (Lipinski definition) is 2. The molecule has 0 spiro atoms. The van der Waals surface area contributed by atoms with Crippen molar-refractivity contribution in [3.63, 3.8) is 0 Å². The normalized spacial score (nSPS) is 14.7. The van der Waals surface area contributed by atoms with Crippen molar-refractivity contribution < 1.29 is 9.84 Å². The molecule has 0 aliphatic rings. The number of nitrogens with one attached hydrogen (secondary N) is 1. The minimum atomic E-state index is -0.526. The topological polar surface area (TPSA) is 41.5 Å². The van der Waals surface area contributed by atoms with Crippen molar-refractivity contribution in [1.29, 1.82) is 0 Å². The molecule has 4 heteroatoms. The first-order chi connectivity index (χ1) is 10.6. The van der Waals surface area contributed by atoms with Gasteiger partial charge in [0.25, 0.3) is 0 Å². The third-order valence-electron chi connectivity index (χ3n) is 5.15. The Labute approximate surface area is 154 Å². The third kappa shape index (κ3) is 6.62. The molecule has 0 saturated heterocycles. The van der Waals surface area contributed by atoms with E-state index in [1.165, 1.54) is 5.56 Å². The van der Waals surface area contributed by atoms with Gasteiger partial charge < -0.3 is 15.2 Å². The number of aliphatic hydroxyl groups excluding tert-OH is 1. The Balaban J connectivity index is 0.00000529. The van der Waals surface area contributed by atoms with Gasteiger partial charge in [-0.05, 0) is 43.2 Å². The van der Waals surface area contributed by atoms with Crippen LogP contribution in [-0.2, 0) is 0 Å². The SMILES string of the molecule is CCC(C)c1ccccc1OCC(O)CNC(C)(C)C(C)(C)C.Cl. The molecule has 0 saturated carbocycles. The van der Waals surface area contributed by atoms with Crippen molar-refractivity contribution in [3.8, 4) is 5.75 Å². The van der Waals surface area contributed by atoms with Crippen molar-refractivity contribution in [2.24, 2.45) is 5.41 Å². The van der Waals surface area contributed by atoms with Crippen LogP contribution >= 0.6 is 12.4 Å². The van der Waals surface area contributed by atoms with E-state index in [4.69, 9.17) is 4.74 Å². The maximum absolute atomic E-state index is 10.2. The molecule has 0 fully saturated rings. The summed E-state index contributed by atoms with van der Waals surface area (Å²) in [6, 6.07) is 8.12. The number of β-amino-alcohol motifs (C(OH)–C–C–N with tert-alkyl or cyclic N) is 1. The van der Waals surface area contributed by atoms with Gasteiger partial charge in [-0.15, -0.1) is 12.4 Å². The Bertz CT molecular complexity index is 483. The standard InChI is InChI=1S/C20H35NO2.ClH/c1-8-15(2)17-11-9-10-12-18(17)23-14-16(22)13-21-20(6,7)19(3,4)5;/h9-12,15-16,21-22H,8,13-14H2,1-7H3;1H. The molecule has 2 atom stereocenters. The van der Waals surface area contributed by atoms with Crippen LogP contribution in [0.1, 0.15) is 66.4 Å². The molecule has 0 aromatic heterocycles. The Morgan fingerprint density at radius 2 is 1.71 bits per heavy atom. The first kappa shape index (κ1) is 23.2. The first-order valence-electron chi connectivity index (χ1n) is 8.73. The zero-order chi connectivity index (χ0) is 17.7. The first-order valence-corrected chi connectivity index (χ1v) is 8.73. The molecule has 24 heavy (non-hydrogen) atoms. The van der Waals surface area contributed by atoms with Crippen LogP contribution in [0.2, 0.25) is 0 Å². The molecule has 0 heterocycles. The molecular weight excluding hydrogens is 322 g/mol. The van der Waals surface area contributed by atoms with Crippen molar-refractivity contribution in [3.05, 3.63) is 29.8 Å². The fourth-order valence-corrected chi connectivity index (χ4v) is 2.12. The van der Waals surface area contributed by atoms with Gasteiger partial charge in [0.2, 0.25) is 0 Å². The Hall–Kier alpha value is -0.770. The number of para-hydroxylation sites is 1. The van der Waals surface area contributed by atoms with E-state index in [1.54, 1.807) is 0 Å². The van der Waals surface area contributed by atoms with E-state index in [0.29, 0.717) is 19.1 Å². The Morgan fingerprint density at radius 1 is 1.12 bits per heavy atom. The summed E-state index contributed by atoms with van der Waals surface area (Å²) in [6.07, 6.45) is 0.547. The van der Waals surface area contributed by atoms with Crippen LogP contribution in [0.4, 0.5) is 0 Å². The highest BCUT2D eigenvalue weighted by atomic mass is 35.5. The van der Waals surface area contributed by atoms with Gasteiger partial charge in [0.1, 0.15) is 18.5 Å². The number of halogens is 1. The second kappa shape index (κ2) is 9.65. The number of hydrogen-bond acceptors (Lipinski definition) is 3. The molecule has 1 aromatic rings. The molecule has 0 radical (unpaired) electrons. The van der Waals surface area contributed by atoms with Gasteiger partial charge in [0.05, 0.1) is 0 Å². The number of ether oxygens (including phenoxy) is 1. The summed E-state index contributed by atoms with van der Waals surface area (Å²) in [5.41, 5.74) is 1.28. The maximum atomic E-state index is 10.2. The van der Waals surface area contributed by atoms with Gasteiger partial charge >= 0.3 is 0 Å². The molecule has 0 bridgehead atoms. The maximum Gasteiger partial charge on any atom is 0.122 e. The molecule has 3 nitrogen and oxygen atoms in total. The van der Waals surface area contributed by atoms with Crippen LogP contribution in [0.3, 0.4) is 0 Å². The smallest absolute Gasteiger partial charge is 0.122 e. The van der Waals surface area contributed by atoms with Crippen LogP contribution in [0.25, 0.3) is 0 Å². The zero-order valence-corrected chi connectivity index (χ0v) is 17.2. The summed E-state index contributed by atoms with van der Waals surface area (Å²) in [7, 11) is 0. The fourth-order valence-electron chi connectivity index (χ4n) is 2.12. The largest absolute Gasteiger partial charge is 0.491 e. The highest BCUT2D eigenvalue weighted by molar-refractivity contribution is 5.85. The van der Waals surface area contributed by atoms with Crippen molar-refractivity contribution in [2.45, 2.75) is 72.4 Å². The van der Waals surface area contributed by atoms with Gasteiger partial charge in [-0.2, -0.15) is 0 Å². The van der Waals surface area contributed by atoms with Crippen molar-refractivity contribution >= 4 is 12.4 Å². The molecular formula is C20H36ClNO2. The van der Waals surface area contributed by atoms with Gasteiger partial charge in [-0.3, -0.25) is 0 Å². The summed E-state index contributed by atoms with van der Waals surface area (Å²) >= 11 is 0. The van der Waals surface area contributed by atoms with Gasteiger partial charge in [0, 0.05) is 12.1 Å². The van der Waals surface area contributed by atoms with Crippen LogP contribution in [0.15, 0.2) is 24.3 Å². The van der Waals surface area contributed by atoms with Crippen molar-refractivity contribution in [1.82, 2.24) is 5.32 Å². The summed E-state index contributed by atoms with van der Waals surface area (Å²) in [6.45, 7) is 16.1. The fraction of sp³-hybridized carbons (Fsp3) is 0.700. The Morgan fingerprint density at radius 3 is 2.25 bits per heavy atom. The second-order valence-electron chi connectivity index (χ2n) is 8.07. The van der Waals surface area contributed by atoms with E-state index in [-0.39, 0.29) is 23.4 Å². The predicted octanol–water partition coefficient (Wildman–Crippen LogP) is 4.78. The second-order valence-corrected chi connectivity index (χ2v) is 8.07. The third-order valence-corrected chi connectivity index (χ3v) is 5.15. The van der Waals surface area contributed by atoms with E-state index < -0.39 is 6.10 Å². The van der Waals surface area contributed by atoms with E-state index in [2.05, 4.69) is 59.8 Å².